The first-order chi connectivity index (χ1) is 6.83. The first-order valence-corrected chi connectivity index (χ1v) is 4.95. The van der Waals surface area contributed by atoms with Gasteiger partial charge in [-0.15, -0.1) is 0 Å². The summed E-state index contributed by atoms with van der Waals surface area (Å²) < 4.78 is 1.91. The summed E-state index contributed by atoms with van der Waals surface area (Å²) >= 11 is 0. The second kappa shape index (κ2) is 3.80. The number of hydrogen-bond donors (Lipinski definition) is 1. The van der Waals surface area contributed by atoms with Crippen LogP contribution >= 0.6 is 0 Å². The Bertz CT molecular complexity index is 419. The zero-order chi connectivity index (χ0) is 9.97. The molecule has 0 saturated carbocycles. The van der Waals surface area contributed by atoms with Crippen LogP contribution in [0.4, 0.5) is 0 Å². The van der Waals surface area contributed by atoms with E-state index in [1.165, 1.54) is 11.1 Å². The maximum Gasteiger partial charge on any atom is 0.0696 e. The van der Waals surface area contributed by atoms with Gasteiger partial charge in [-0.2, -0.15) is 5.10 Å². The number of rotatable bonds is 3. The summed E-state index contributed by atoms with van der Waals surface area (Å²) in [6.07, 6.45) is 4.92. The molecule has 0 aliphatic heterocycles. The van der Waals surface area contributed by atoms with Gasteiger partial charge in [-0.05, 0) is 31.0 Å². The number of pyridine rings is 1. The fourth-order valence-corrected chi connectivity index (χ4v) is 1.74. The van der Waals surface area contributed by atoms with Gasteiger partial charge in [0.1, 0.15) is 0 Å². The maximum absolute atomic E-state index is 5.55. The van der Waals surface area contributed by atoms with E-state index in [9.17, 15) is 0 Å². The van der Waals surface area contributed by atoms with E-state index in [1.54, 1.807) is 0 Å². The summed E-state index contributed by atoms with van der Waals surface area (Å²) in [7, 11) is 0. The molecule has 0 bridgehead atoms. The summed E-state index contributed by atoms with van der Waals surface area (Å²) in [5, 5.41) is 4.30. The van der Waals surface area contributed by atoms with Crippen molar-refractivity contribution in [2.24, 2.45) is 5.73 Å². The monoisotopic (exact) mass is 189 g/mol. The van der Waals surface area contributed by atoms with E-state index < -0.39 is 0 Å². The van der Waals surface area contributed by atoms with Crippen LogP contribution in [-0.2, 0) is 0 Å². The van der Waals surface area contributed by atoms with Gasteiger partial charge in [0.05, 0.1) is 11.7 Å². The van der Waals surface area contributed by atoms with Crippen molar-refractivity contribution in [2.75, 3.05) is 6.54 Å². The van der Waals surface area contributed by atoms with E-state index in [0.717, 1.165) is 13.0 Å². The Labute approximate surface area is 83.5 Å². The van der Waals surface area contributed by atoms with E-state index in [4.69, 9.17) is 5.73 Å². The average Bonchev–Trinajstić information content (AvgIpc) is 2.61. The molecule has 74 valence electrons. The first-order valence-electron chi connectivity index (χ1n) is 4.95. The third-order valence-electron chi connectivity index (χ3n) is 2.59. The minimum Gasteiger partial charge on any atom is -0.330 e. The van der Waals surface area contributed by atoms with Gasteiger partial charge in [-0.3, -0.25) is 0 Å². The van der Waals surface area contributed by atoms with Crippen LogP contribution in [0.3, 0.4) is 0 Å². The van der Waals surface area contributed by atoms with E-state index in [1.807, 2.05) is 29.0 Å². The molecule has 0 radical (unpaired) electrons. The number of nitrogens with two attached hydrogens (primary N) is 1. The van der Waals surface area contributed by atoms with Crippen molar-refractivity contribution in [1.82, 2.24) is 9.61 Å². The Morgan fingerprint density at radius 2 is 2.36 bits per heavy atom. The predicted molar refractivity (Wildman–Crippen MR) is 57.3 cm³/mol. The van der Waals surface area contributed by atoms with Crippen LogP contribution in [0.25, 0.3) is 5.52 Å². The highest BCUT2D eigenvalue weighted by atomic mass is 15.2. The van der Waals surface area contributed by atoms with Gasteiger partial charge in [0, 0.05) is 11.8 Å². The smallest absolute Gasteiger partial charge is 0.0696 e. The van der Waals surface area contributed by atoms with E-state index in [0.29, 0.717) is 5.92 Å². The van der Waals surface area contributed by atoms with Crippen LogP contribution in [0.5, 0.6) is 0 Å². The number of hydrogen-bond acceptors (Lipinski definition) is 2. The van der Waals surface area contributed by atoms with Crippen LogP contribution in [0.1, 0.15) is 24.8 Å². The van der Waals surface area contributed by atoms with Crippen molar-refractivity contribution < 1.29 is 0 Å². The Balaban J connectivity index is 2.42. The summed E-state index contributed by atoms with van der Waals surface area (Å²) in [5.74, 6) is 0.486. The fraction of sp³-hybridized carbons (Fsp3) is 0.364. The van der Waals surface area contributed by atoms with Crippen molar-refractivity contribution in [3.8, 4) is 0 Å². The molecule has 2 aromatic rings. The van der Waals surface area contributed by atoms with Crippen molar-refractivity contribution in [2.45, 2.75) is 19.3 Å². The molecule has 2 heterocycles. The van der Waals surface area contributed by atoms with Crippen LogP contribution < -0.4 is 5.73 Å². The highest BCUT2D eigenvalue weighted by Gasteiger charge is 2.09. The molecule has 2 aromatic heterocycles. The lowest BCUT2D eigenvalue weighted by Gasteiger charge is -2.07. The van der Waals surface area contributed by atoms with Crippen LogP contribution in [0.15, 0.2) is 30.6 Å². The van der Waals surface area contributed by atoms with Crippen molar-refractivity contribution in [3.63, 3.8) is 0 Å². The molecule has 2 rings (SSSR count). The molecule has 0 aliphatic carbocycles. The van der Waals surface area contributed by atoms with E-state index in [2.05, 4.69) is 18.1 Å². The minimum absolute atomic E-state index is 0.486. The zero-order valence-electron chi connectivity index (χ0n) is 8.35. The van der Waals surface area contributed by atoms with Crippen LogP contribution in [-0.4, -0.2) is 16.2 Å². The van der Waals surface area contributed by atoms with Gasteiger partial charge < -0.3 is 5.73 Å². The molecule has 0 fully saturated rings. The molecule has 2 N–H and O–H groups in total. The molecular formula is C11H15N3. The summed E-state index contributed by atoms with van der Waals surface area (Å²) in [6.45, 7) is 2.92. The highest BCUT2D eigenvalue weighted by molar-refractivity contribution is 5.54. The van der Waals surface area contributed by atoms with Crippen molar-refractivity contribution in [3.05, 3.63) is 36.2 Å². The largest absolute Gasteiger partial charge is 0.330 e. The third kappa shape index (κ3) is 1.51. The molecule has 0 amide bonds. The summed E-state index contributed by atoms with van der Waals surface area (Å²) in [6, 6.07) is 6.11. The molecule has 1 unspecified atom stereocenters. The lowest BCUT2D eigenvalue weighted by molar-refractivity contribution is 0.694. The molecule has 3 nitrogen and oxygen atoms in total. The topological polar surface area (TPSA) is 43.3 Å². The Kier molecular flexibility index (Phi) is 2.50. The van der Waals surface area contributed by atoms with E-state index in [-0.39, 0.29) is 0 Å². The zero-order valence-corrected chi connectivity index (χ0v) is 8.35. The quantitative estimate of drug-likeness (QED) is 0.799. The maximum atomic E-state index is 5.55. The number of nitrogens with zero attached hydrogens (tertiary/aromatic N) is 2. The van der Waals surface area contributed by atoms with Gasteiger partial charge >= 0.3 is 0 Å². The molecular weight excluding hydrogens is 174 g/mol. The third-order valence-corrected chi connectivity index (χ3v) is 2.59. The first kappa shape index (κ1) is 9.21. The lowest BCUT2D eigenvalue weighted by Crippen LogP contribution is -2.04. The fourth-order valence-electron chi connectivity index (χ4n) is 1.74. The second-order valence-corrected chi connectivity index (χ2v) is 3.61. The molecule has 1 atom stereocenters. The standard InChI is InChI=1S/C11H15N3/c1-9(5-6-12)10-8-13-14-7-3-2-4-11(10)14/h2-4,7-9H,5-6,12H2,1H3. The lowest BCUT2D eigenvalue weighted by atomic mass is 9.99. The number of fused-ring (bicyclic) bond motifs is 1. The Morgan fingerprint density at radius 3 is 3.14 bits per heavy atom. The summed E-state index contributed by atoms with van der Waals surface area (Å²) in [5.41, 5.74) is 8.03. The molecule has 3 heteroatoms. The van der Waals surface area contributed by atoms with Crippen LogP contribution in [0, 0.1) is 0 Å². The second-order valence-electron chi connectivity index (χ2n) is 3.61. The van der Waals surface area contributed by atoms with Crippen molar-refractivity contribution in [1.29, 1.82) is 0 Å². The SMILES string of the molecule is CC(CCN)c1cnn2ccccc12. The predicted octanol–water partition coefficient (Wildman–Crippen LogP) is 1.79. The highest BCUT2D eigenvalue weighted by Crippen LogP contribution is 2.22. The molecule has 0 aromatic carbocycles. The van der Waals surface area contributed by atoms with Crippen molar-refractivity contribution >= 4 is 5.52 Å². The normalized spacial score (nSPS) is 13.3. The number of aromatic nitrogens is 2. The minimum atomic E-state index is 0.486. The van der Waals surface area contributed by atoms with E-state index >= 15 is 0 Å². The Hall–Kier alpha value is -1.35. The van der Waals surface area contributed by atoms with Gasteiger partial charge in [-0.1, -0.05) is 13.0 Å². The van der Waals surface area contributed by atoms with Crippen LogP contribution in [0.2, 0.25) is 0 Å². The average molecular weight is 189 g/mol. The molecule has 0 saturated heterocycles. The Morgan fingerprint density at radius 1 is 1.50 bits per heavy atom. The molecule has 0 spiro atoms. The van der Waals surface area contributed by atoms with Gasteiger partial charge in [0.15, 0.2) is 0 Å². The molecule has 0 aliphatic rings. The van der Waals surface area contributed by atoms with Gasteiger partial charge in [0.2, 0.25) is 0 Å². The van der Waals surface area contributed by atoms with Gasteiger partial charge in [0.25, 0.3) is 0 Å². The molecule has 14 heavy (non-hydrogen) atoms. The van der Waals surface area contributed by atoms with Gasteiger partial charge in [-0.25, -0.2) is 4.52 Å². The summed E-state index contributed by atoms with van der Waals surface area (Å²) in [4.78, 5) is 0.